The number of anilines is 1. The van der Waals surface area contributed by atoms with Crippen molar-refractivity contribution < 1.29 is 22.7 Å². The lowest BCUT2D eigenvalue weighted by atomic mass is 10.0. The first kappa shape index (κ1) is 24.9. The summed E-state index contributed by atoms with van der Waals surface area (Å²) >= 11 is 5.92. The van der Waals surface area contributed by atoms with Crippen molar-refractivity contribution >= 4 is 33.2 Å². The molecule has 0 radical (unpaired) electrons. The van der Waals surface area contributed by atoms with Gasteiger partial charge in [-0.25, -0.2) is 8.42 Å². The van der Waals surface area contributed by atoms with Gasteiger partial charge in [0.1, 0.15) is 0 Å². The molecule has 0 atom stereocenters. The van der Waals surface area contributed by atoms with Crippen molar-refractivity contribution in [1.82, 2.24) is 5.32 Å². The number of rotatable bonds is 8. The van der Waals surface area contributed by atoms with Crippen molar-refractivity contribution in [3.05, 3.63) is 82.4 Å². The number of halogens is 1. The summed E-state index contributed by atoms with van der Waals surface area (Å²) in [5, 5.41) is 3.41. The lowest BCUT2D eigenvalue weighted by Crippen LogP contribution is -2.35. The van der Waals surface area contributed by atoms with Gasteiger partial charge in [-0.3, -0.25) is 9.10 Å². The molecule has 1 N–H and O–H groups in total. The highest BCUT2D eigenvalue weighted by Gasteiger charge is 2.29. The third kappa shape index (κ3) is 5.39. The lowest BCUT2D eigenvalue weighted by Gasteiger charge is -2.30. The Morgan fingerprint density at radius 2 is 1.74 bits per heavy atom. The topological polar surface area (TPSA) is 84.9 Å². The van der Waals surface area contributed by atoms with Gasteiger partial charge in [-0.05, 0) is 85.0 Å². The Morgan fingerprint density at radius 1 is 1.00 bits per heavy atom. The van der Waals surface area contributed by atoms with Crippen molar-refractivity contribution in [1.29, 1.82) is 0 Å². The standard InChI is InChI=1S/C26H27ClN2O5S/c1-33-24-12-5-18(16-25(24)34-2)13-14-28-26(30)20-6-11-23-19(17-20)4-3-15-29(23)35(31,32)22-9-7-21(27)8-10-22/h5-12,16-17H,3-4,13-15H2,1-2H3,(H,28,30). The van der Waals surface area contributed by atoms with Crippen molar-refractivity contribution in [2.24, 2.45) is 0 Å². The number of carbonyl (C=O) groups is 1. The van der Waals surface area contributed by atoms with E-state index in [1.807, 2.05) is 18.2 Å². The van der Waals surface area contributed by atoms with E-state index in [1.54, 1.807) is 44.6 Å². The first-order valence-electron chi connectivity index (χ1n) is 11.2. The Morgan fingerprint density at radius 3 is 2.46 bits per heavy atom. The molecule has 1 heterocycles. The molecule has 184 valence electrons. The number of aryl methyl sites for hydroxylation is 1. The fraction of sp³-hybridized carbons (Fsp3) is 0.269. The van der Waals surface area contributed by atoms with Gasteiger partial charge in [0.05, 0.1) is 24.8 Å². The number of benzene rings is 3. The van der Waals surface area contributed by atoms with Crippen LogP contribution in [0.25, 0.3) is 0 Å². The van der Waals surface area contributed by atoms with Gasteiger partial charge in [0.25, 0.3) is 15.9 Å². The van der Waals surface area contributed by atoms with E-state index < -0.39 is 10.0 Å². The first-order chi connectivity index (χ1) is 16.8. The maximum Gasteiger partial charge on any atom is 0.264 e. The maximum atomic E-state index is 13.2. The molecule has 1 aliphatic rings. The van der Waals surface area contributed by atoms with Crippen LogP contribution in [-0.4, -0.2) is 41.6 Å². The summed E-state index contributed by atoms with van der Waals surface area (Å²) in [5.74, 6) is 1.09. The zero-order valence-electron chi connectivity index (χ0n) is 19.6. The zero-order valence-corrected chi connectivity index (χ0v) is 21.2. The Bertz CT molecular complexity index is 1330. The minimum absolute atomic E-state index is 0.187. The van der Waals surface area contributed by atoms with E-state index in [9.17, 15) is 13.2 Å². The predicted octanol–water partition coefficient (Wildman–Crippen LogP) is 4.47. The third-order valence-corrected chi connectivity index (χ3v) is 8.05. The average Bonchev–Trinajstić information content (AvgIpc) is 2.88. The van der Waals surface area contributed by atoms with E-state index in [1.165, 1.54) is 16.4 Å². The molecule has 0 fully saturated rings. The van der Waals surface area contributed by atoms with Gasteiger partial charge < -0.3 is 14.8 Å². The minimum Gasteiger partial charge on any atom is -0.493 e. The van der Waals surface area contributed by atoms with Gasteiger partial charge in [-0.2, -0.15) is 0 Å². The van der Waals surface area contributed by atoms with Crippen LogP contribution in [0.2, 0.25) is 5.02 Å². The summed E-state index contributed by atoms with van der Waals surface area (Å²) in [7, 11) is -0.555. The van der Waals surface area contributed by atoms with Crippen LogP contribution >= 0.6 is 11.6 Å². The van der Waals surface area contributed by atoms with E-state index in [0.29, 0.717) is 60.1 Å². The number of nitrogens with one attached hydrogen (secondary N) is 1. The molecule has 0 aliphatic carbocycles. The van der Waals surface area contributed by atoms with Gasteiger partial charge in [0.2, 0.25) is 0 Å². The summed E-state index contributed by atoms with van der Waals surface area (Å²) in [5.41, 5.74) is 2.95. The summed E-state index contributed by atoms with van der Waals surface area (Å²) in [6.45, 7) is 0.831. The Labute approximate surface area is 210 Å². The molecule has 35 heavy (non-hydrogen) atoms. The molecule has 0 aromatic heterocycles. The summed E-state index contributed by atoms with van der Waals surface area (Å²) in [6, 6.07) is 17.0. The quantitative estimate of drug-likeness (QED) is 0.479. The molecule has 1 amide bonds. The summed E-state index contributed by atoms with van der Waals surface area (Å²) in [6.07, 6.45) is 2.00. The Balaban J connectivity index is 1.45. The van der Waals surface area contributed by atoms with Crippen LogP contribution < -0.4 is 19.1 Å². The fourth-order valence-corrected chi connectivity index (χ4v) is 5.81. The smallest absolute Gasteiger partial charge is 0.264 e. The van der Waals surface area contributed by atoms with Crippen molar-refractivity contribution in [3.63, 3.8) is 0 Å². The molecular formula is C26H27ClN2O5S. The number of hydrogen-bond donors (Lipinski definition) is 1. The molecule has 9 heteroatoms. The molecule has 0 unspecified atom stereocenters. The highest BCUT2D eigenvalue weighted by molar-refractivity contribution is 7.92. The molecule has 0 bridgehead atoms. The molecule has 0 saturated carbocycles. The molecule has 1 aliphatic heterocycles. The predicted molar refractivity (Wildman–Crippen MR) is 136 cm³/mol. The number of carbonyl (C=O) groups excluding carboxylic acids is 1. The van der Waals surface area contributed by atoms with Crippen LogP contribution in [0, 0.1) is 0 Å². The monoisotopic (exact) mass is 514 g/mol. The zero-order chi connectivity index (χ0) is 25.0. The second-order valence-electron chi connectivity index (χ2n) is 8.17. The van der Waals surface area contributed by atoms with E-state index >= 15 is 0 Å². The van der Waals surface area contributed by atoms with E-state index in [4.69, 9.17) is 21.1 Å². The number of amides is 1. The van der Waals surface area contributed by atoms with Gasteiger partial charge in [-0.1, -0.05) is 17.7 Å². The van der Waals surface area contributed by atoms with Gasteiger partial charge in [0.15, 0.2) is 11.5 Å². The Hall–Kier alpha value is -3.23. The lowest BCUT2D eigenvalue weighted by molar-refractivity contribution is 0.0954. The van der Waals surface area contributed by atoms with E-state index in [0.717, 1.165) is 11.1 Å². The third-order valence-electron chi connectivity index (χ3n) is 5.97. The molecule has 0 saturated heterocycles. The Kier molecular flexibility index (Phi) is 7.52. The van der Waals surface area contributed by atoms with Gasteiger partial charge in [0, 0.05) is 23.7 Å². The highest BCUT2D eigenvalue weighted by atomic mass is 35.5. The SMILES string of the molecule is COc1ccc(CCNC(=O)c2ccc3c(c2)CCCN3S(=O)(=O)c2ccc(Cl)cc2)cc1OC. The molecule has 0 spiro atoms. The highest BCUT2D eigenvalue weighted by Crippen LogP contribution is 2.33. The molecule has 3 aromatic rings. The first-order valence-corrected chi connectivity index (χ1v) is 13.1. The largest absolute Gasteiger partial charge is 0.493 e. The van der Waals surface area contributed by atoms with Crippen molar-refractivity contribution in [3.8, 4) is 11.5 Å². The number of fused-ring (bicyclic) bond motifs is 1. The molecule has 3 aromatic carbocycles. The maximum absolute atomic E-state index is 13.2. The van der Waals surface area contributed by atoms with Crippen LogP contribution in [-0.2, 0) is 22.9 Å². The number of ether oxygens (including phenoxy) is 2. The van der Waals surface area contributed by atoms with Crippen LogP contribution in [0.15, 0.2) is 65.6 Å². The number of hydrogen-bond acceptors (Lipinski definition) is 5. The van der Waals surface area contributed by atoms with Crippen molar-refractivity contribution in [2.75, 3.05) is 31.6 Å². The number of methoxy groups -OCH3 is 2. The second-order valence-corrected chi connectivity index (χ2v) is 10.5. The fourth-order valence-electron chi connectivity index (χ4n) is 4.15. The molecular weight excluding hydrogens is 488 g/mol. The number of sulfonamides is 1. The van der Waals surface area contributed by atoms with Gasteiger partial charge >= 0.3 is 0 Å². The minimum atomic E-state index is -3.73. The van der Waals surface area contributed by atoms with Gasteiger partial charge in [-0.15, -0.1) is 0 Å². The number of nitrogens with zero attached hydrogens (tertiary/aromatic N) is 1. The summed E-state index contributed by atoms with van der Waals surface area (Å²) in [4.78, 5) is 13.0. The molecule has 4 rings (SSSR count). The van der Waals surface area contributed by atoms with E-state index in [2.05, 4.69) is 5.32 Å². The van der Waals surface area contributed by atoms with Crippen LogP contribution in [0.4, 0.5) is 5.69 Å². The normalized spacial score (nSPS) is 13.2. The van der Waals surface area contributed by atoms with Crippen LogP contribution in [0.1, 0.15) is 27.9 Å². The van der Waals surface area contributed by atoms with Crippen LogP contribution in [0.5, 0.6) is 11.5 Å². The van der Waals surface area contributed by atoms with E-state index in [-0.39, 0.29) is 10.8 Å². The average molecular weight is 515 g/mol. The van der Waals surface area contributed by atoms with Crippen molar-refractivity contribution in [2.45, 2.75) is 24.2 Å². The van der Waals surface area contributed by atoms with Crippen LogP contribution in [0.3, 0.4) is 0 Å². The molecule has 7 nitrogen and oxygen atoms in total. The second kappa shape index (κ2) is 10.6. The summed E-state index contributed by atoms with van der Waals surface area (Å²) < 4.78 is 38.5.